The molecular formula is C20H21N3O3. The maximum atomic E-state index is 12.2. The van der Waals surface area contributed by atoms with Gasteiger partial charge in [0.15, 0.2) is 11.5 Å². The Balaban J connectivity index is 1.30. The van der Waals surface area contributed by atoms with Crippen LogP contribution in [-0.4, -0.2) is 35.6 Å². The molecule has 4 rings (SSSR count). The molecule has 1 aliphatic rings. The molecule has 6 heteroatoms. The van der Waals surface area contributed by atoms with E-state index in [9.17, 15) is 4.79 Å². The molecule has 0 saturated heterocycles. The third-order valence-corrected chi connectivity index (χ3v) is 4.30. The van der Waals surface area contributed by atoms with Gasteiger partial charge in [-0.3, -0.25) is 4.79 Å². The summed E-state index contributed by atoms with van der Waals surface area (Å²) in [6.07, 6.45) is 1.85. The smallest absolute Gasteiger partial charge is 0.224 e. The van der Waals surface area contributed by atoms with Crippen molar-refractivity contribution in [1.29, 1.82) is 0 Å². The molecule has 1 aliphatic heterocycles. The molecule has 0 atom stereocenters. The lowest BCUT2D eigenvalue weighted by molar-refractivity contribution is -0.120. The second kappa shape index (κ2) is 7.47. The van der Waals surface area contributed by atoms with Crippen LogP contribution in [0.3, 0.4) is 0 Å². The monoisotopic (exact) mass is 351 g/mol. The molecule has 2 heterocycles. The molecule has 1 aromatic heterocycles. The lowest BCUT2D eigenvalue weighted by Crippen LogP contribution is -2.27. The van der Waals surface area contributed by atoms with E-state index in [-0.39, 0.29) is 5.91 Å². The lowest BCUT2D eigenvalue weighted by Gasteiger charge is -2.09. The average molecular weight is 351 g/mol. The summed E-state index contributed by atoms with van der Waals surface area (Å²) in [6, 6.07) is 13.6. The number of carbonyl (C=O) groups is 1. The number of fused-ring (bicyclic) bond motifs is 2. The number of amides is 1. The largest absolute Gasteiger partial charge is 0.490 e. The highest BCUT2D eigenvalue weighted by atomic mass is 16.5. The molecule has 0 bridgehead atoms. The number of nitrogens with one attached hydrogen (secondary N) is 2. The fourth-order valence-electron chi connectivity index (χ4n) is 3.01. The van der Waals surface area contributed by atoms with Gasteiger partial charge in [0.1, 0.15) is 5.82 Å². The summed E-state index contributed by atoms with van der Waals surface area (Å²) in [6.45, 7) is 1.85. The minimum Gasteiger partial charge on any atom is -0.490 e. The van der Waals surface area contributed by atoms with Crippen molar-refractivity contribution in [3.63, 3.8) is 0 Å². The van der Waals surface area contributed by atoms with Crippen molar-refractivity contribution < 1.29 is 14.3 Å². The number of aromatic amines is 1. The van der Waals surface area contributed by atoms with E-state index in [0.29, 0.717) is 32.6 Å². The van der Waals surface area contributed by atoms with E-state index in [4.69, 9.17) is 9.47 Å². The van der Waals surface area contributed by atoms with Crippen LogP contribution in [0, 0.1) is 0 Å². The molecule has 3 aromatic rings. The summed E-state index contributed by atoms with van der Waals surface area (Å²) < 4.78 is 11.3. The zero-order valence-corrected chi connectivity index (χ0v) is 14.5. The van der Waals surface area contributed by atoms with Crippen LogP contribution < -0.4 is 14.8 Å². The highest BCUT2D eigenvalue weighted by Gasteiger charge is 2.12. The van der Waals surface area contributed by atoms with Crippen molar-refractivity contribution in [2.75, 3.05) is 19.8 Å². The van der Waals surface area contributed by atoms with Crippen LogP contribution in [0.25, 0.3) is 11.0 Å². The molecule has 0 unspecified atom stereocenters. The quantitative estimate of drug-likeness (QED) is 0.741. The summed E-state index contributed by atoms with van der Waals surface area (Å²) in [7, 11) is 0. The number of H-pyrrole nitrogens is 1. The van der Waals surface area contributed by atoms with E-state index in [1.54, 1.807) is 0 Å². The fraction of sp³-hybridized carbons (Fsp3) is 0.300. The summed E-state index contributed by atoms with van der Waals surface area (Å²) in [5, 5.41) is 2.95. The standard InChI is InChI=1S/C20H21N3O3/c24-20(13-14-6-7-17-18(12-14)26-11-3-10-25-17)21-9-8-19-22-15-4-1-2-5-16(15)23-19/h1-2,4-7,12H,3,8-11,13H2,(H,21,24)(H,22,23). The van der Waals surface area contributed by atoms with Gasteiger partial charge in [-0.05, 0) is 29.8 Å². The second-order valence-corrected chi connectivity index (χ2v) is 6.31. The highest BCUT2D eigenvalue weighted by Crippen LogP contribution is 2.30. The van der Waals surface area contributed by atoms with E-state index in [1.807, 2.05) is 42.5 Å². The number of ether oxygens (including phenoxy) is 2. The number of nitrogens with zero attached hydrogens (tertiary/aromatic N) is 1. The van der Waals surface area contributed by atoms with E-state index in [1.165, 1.54) is 0 Å². The SMILES string of the molecule is O=C(Cc1ccc2c(c1)OCCCO2)NCCc1nc2ccccc2[nH]1. The molecular weight excluding hydrogens is 330 g/mol. The van der Waals surface area contributed by atoms with Crippen molar-refractivity contribution in [3.05, 3.63) is 53.9 Å². The van der Waals surface area contributed by atoms with Crippen LogP contribution in [0.1, 0.15) is 17.8 Å². The van der Waals surface area contributed by atoms with Gasteiger partial charge in [-0.2, -0.15) is 0 Å². The van der Waals surface area contributed by atoms with Crippen LogP contribution >= 0.6 is 0 Å². The Morgan fingerprint density at radius 1 is 1.12 bits per heavy atom. The van der Waals surface area contributed by atoms with Gasteiger partial charge in [-0.1, -0.05) is 18.2 Å². The summed E-state index contributed by atoms with van der Waals surface area (Å²) in [5.41, 5.74) is 2.87. The van der Waals surface area contributed by atoms with Gasteiger partial charge < -0.3 is 19.8 Å². The Morgan fingerprint density at radius 3 is 2.85 bits per heavy atom. The Kier molecular flexibility index (Phi) is 4.73. The van der Waals surface area contributed by atoms with E-state index in [0.717, 1.165) is 40.3 Å². The van der Waals surface area contributed by atoms with Crippen molar-refractivity contribution in [1.82, 2.24) is 15.3 Å². The molecule has 0 fully saturated rings. The maximum absolute atomic E-state index is 12.2. The molecule has 2 aromatic carbocycles. The highest BCUT2D eigenvalue weighted by molar-refractivity contribution is 5.79. The molecule has 0 aliphatic carbocycles. The van der Waals surface area contributed by atoms with Crippen molar-refractivity contribution in [2.24, 2.45) is 0 Å². The first-order valence-corrected chi connectivity index (χ1v) is 8.87. The van der Waals surface area contributed by atoms with Gasteiger partial charge in [0.2, 0.25) is 5.91 Å². The Morgan fingerprint density at radius 2 is 1.96 bits per heavy atom. The fourth-order valence-corrected chi connectivity index (χ4v) is 3.01. The molecule has 2 N–H and O–H groups in total. The van der Waals surface area contributed by atoms with Gasteiger partial charge >= 0.3 is 0 Å². The topological polar surface area (TPSA) is 76.2 Å². The van der Waals surface area contributed by atoms with Gasteiger partial charge in [-0.25, -0.2) is 4.98 Å². The minimum atomic E-state index is -0.0180. The zero-order chi connectivity index (χ0) is 17.8. The molecule has 0 saturated carbocycles. The molecule has 134 valence electrons. The van der Waals surface area contributed by atoms with Crippen LogP contribution in [0.4, 0.5) is 0 Å². The van der Waals surface area contributed by atoms with Crippen LogP contribution in [0.2, 0.25) is 0 Å². The first-order valence-electron chi connectivity index (χ1n) is 8.87. The van der Waals surface area contributed by atoms with Crippen molar-refractivity contribution in [2.45, 2.75) is 19.3 Å². The first-order chi connectivity index (χ1) is 12.8. The Hall–Kier alpha value is -3.02. The molecule has 26 heavy (non-hydrogen) atoms. The van der Waals surface area contributed by atoms with Gasteiger partial charge in [0.05, 0.1) is 30.7 Å². The zero-order valence-electron chi connectivity index (χ0n) is 14.5. The maximum Gasteiger partial charge on any atom is 0.224 e. The summed E-state index contributed by atoms with van der Waals surface area (Å²) in [5.74, 6) is 2.32. The minimum absolute atomic E-state index is 0.0180. The number of hydrogen-bond acceptors (Lipinski definition) is 4. The first kappa shape index (κ1) is 16.4. The summed E-state index contributed by atoms with van der Waals surface area (Å²) in [4.78, 5) is 20.0. The number of imidazole rings is 1. The van der Waals surface area contributed by atoms with Crippen LogP contribution in [0.15, 0.2) is 42.5 Å². The third kappa shape index (κ3) is 3.79. The number of carbonyl (C=O) groups excluding carboxylic acids is 1. The predicted molar refractivity (Wildman–Crippen MR) is 98.6 cm³/mol. The van der Waals surface area contributed by atoms with E-state index in [2.05, 4.69) is 15.3 Å². The molecule has 0 radical (unpaired) electrons. The average Bonchev–Trinajstić information content (AvgIpc) is 2.91. The van der Waals surface area contributed by atoms with Crippen LogP contribution in [0.5, 0.6) is 11.5 Å². The number of aromatic nitrogens is 2. The Bertz CT molecular complexity index is 887. The van der Waals surface area contributed by atoms with Gasteiger partial charge in [-0.15, -0.1) is 0 Å². The molecule has 6 nitrogen and oxygen atoms in total. The number of para-hydroxylation sites is 2. The number of rotatable bonds is 5. The lowest BCUT2D eigenvalue weighted by atomic mass is 10.1. The van der Waals surface area contributed by atoms with Crippen molar-refractivity contribution >= 4 is 16.9 Å². The van der Waals surface area contributed by atoms with Crippen LogP contribution in [-0.2, 0) is 17.6 Å². The molecule has 0 spiro atoms. The van der Waals surface area contributed by atoms with Gasteiger partial charge in [0.25, 0.3) is 0 Å². The number of hydrogen-bond donors (Lipinski definition) is 2. The normalized spacial score (nSPS) is 13.4. The number of benzene rings is 2. The predicted octanol–water partition coefficient (Wildman–Crippen LogP) is 2.63. The van der Waals surface area contributed by atoms with Gasteiger partial charge in [0, 0.05) is 19.4 Å². The van der Waals surface area contributed by atoms with Crippen molar-refractivity contribution in [3.8, 4) is 11.5 Å². The van der Waals surface area contributed by atoms with E-state index < -0.39 is 0 Å². The second-order valence-electron chi connectivity index (χ2n) is 6.31. The van der Waals surface area contributed by atoms with E-state index >= 15 is 0 Å². The summed E-state index contributed by atoms with van der Waals surface area (Å²) >= 11 is 0. The molecule has 1 amide bonds. The Labute approximate surface area is 151 Å². The third-order valence-electron chi connectivity index (χ3n) is 4.30.